The van der Waals surface area contributed by atoms with Crippen LogP contribution in [0.2, 0.25) is 0 Å². The smallest absolute Gasteiger partial charge is 0.223 e. The third kappa shape index (κ3) is 3.98. The van der Waals surface area contributed by atoms with Crippen LogP contribution in [0.3, 0.4) is 0 Å². The maximum atomic E-state index is 5.74. The molecule has 5 heteroatoms. The minimum absolute atomic E-state index is 0.316. The van der Waals surface area contributed by atoms with Crippen LogP contribution in [0.1, 0.15) is 46.0 Å². The van der Waals surface area contributed by atoms with Gasteiger partial charge in [-0.2, -0.15) is 9.97 Å². The lowest BCUT2D eigenvalue weighted by molar-refractivity contribution is 0.328. The Labute approximate surface area is 115 Å². The summed E-state index contributed by atoms with van der Waals surface area (Å²) < 4.78 is 0. The number of hydrogen-bond acceptors (Lipinski definition) is 5. The molecular formula is C14H25N5. The van der Waals surface area contributed by atoms with Crippen LogP contribution in [-0.4, -0.2) is 22.6 Å². The molecule has 0 aliphatic heterocycles. The van der Waals surface area contributed by atoms with Crippen molar-refractivity contribution in [3.05, 3.63) is 6.07 Å². The van der Waals surface area contributed by atoms with Crippen LogP contribution in [0.5, 0.6) is 0 Å². The summed E-state index contributed by atoms with van der Waals surface area (Å²) in [7, 11) is 0. The van der Waals surface area contributed by atoms with E-state index >= 15 is 0 Å². The zero-order chi connectivity index (χ0) is 13.7. The number of hydrogen-bond donors (Lipinski definition) is 3. The lowest BCUT2D eigenvalue weighted by atomic mass is 9.84. The molecule has 4 N–H and O–H groups in total. The Hall–Kier alpha value is -1.52. The van der Waals surface area contributed by atoms with E-state index < -0.39 is 0 Å². The molecule has 1 aromatic heterocycles. The molecule has 106 valence electrons. The van der Waals surface area contributed by atoms with Crippen LogP contribution in [-0.2, 0) is 0 Å². The molecule has 19 heavy (non-hydrogen) atoms. The number of nitrogens with zero attached hydrogens (tertiary/aromatic N) is 2. The number of nitrogen functional groups attached to an aromatic ring is 1. The van der Waals surface area contributed by atoms with Crippen molar-refractivity contribution in [3.63, 3.8) is 0 Å². The third-order valence-corrected chi connectivity index (χ3v) is 3.83. The van der Waals surface area contributed by atoms with E-state index in [2.05, 4.69) is 27.5 Å². The van der Waals surface area contributed by atoms with Gasteiger partial charge in [-0.1, -0.05) is 19.3 Å². The molecule has 0 saturated heterocycles. The molecule has 5 nitrogen and oxygen atoms in total. The van der Waals surface area contributed by atoms with Crippen molar-refractivity contribution in [1.82, 2.24) is 9.97 Å². The average molecular weight is 263 g/mol. The van der Waals surface area contributed by atoms with E-state index in [0.29, 0.717) is 12.0 Å². The first kappa shape index (κ1) is 13.9. The van der Waals surface area contributed by atoms with Gasteiger partial charge in [0.05, 0.1) is 0 Å². The molecule has 2 rings (SSSR count). The van der Waals surface area contributed by atoms with Gasteiger partial charge in [-0.25, -0.2) is 0 Å². The van der Waals surface area contributed by atoms with Crippen LogP contribution >= 0.6 is 0 Å². The predicted molar refractivity (Wildman–Crippen MR) is 80.3 cm³/mol. The largest absolute Gasteiger partial charge is 0.370 e. The third-order valence-electron chi connectivity index (χ3n) is 3.83. The topological polar surface area (TPSA) is 75.9 Å². The van der Waals surface area contributed by atoms with Gasteiger partial charge in [0, 0.05) is 18.7 Å². The van der Waals surface area contributed by atoms with Gasteiger partial charge < -0.3 is 16.4 Å². The molecule has 1 fully saturated rings. The predicted octanol–water partition coefficient (Wildman–Crippen LogP) is 2.87. The molecule has 1 heterocycles. The fourth-order valence-corrected chi connectivity index (χ4v) is 2.80. The van der Waals surface area contributed by atoms with Gasteiger partial charge in [-0.05, 0) is 32.6 Å². The lowest BCUT2D eigenvalue weighted by Gasteiger charge is -2.28. The van der Waals surface area contributed by atoms with E-state index in [0.717, 1.165) is 24.1 Å². The molecule has 1 aliphatic rings. The maximum Gasteiger partial charge on any atom is 0.223 e. The second-order valence-electron chi connectivity index (χ2n) is 5.36. The molecule has 1 saturated carbocycles. The monoisotopic (exact) mass is 263 g/mol. The molecule has 1 aliphatic carbocycles. The highest BCUT2D eigenvalue weighted by molar-refractivity contribution is 5.51. The van der Waals surface area contributed by atoms with Crippen molar-refractivity contribution in [2.24, 2.45) is 5.92 Å². The van der Waals surface area contributed by atoms with Crippen LogP contribution in [0.25, 0.3) is 0 Å². The standard InChI is InChI=1S/C14H25N5/c1-3-16-12-9-13(19-14(15)18-12)17-10(2)11-7-5-4-6-8-11/h9-11H,3-8H2,1-2H3,(H4,15,16,17,18,19). The van der Waals surface area contributed by atoms with Gasteiger partial charge >= 0.3 is 0 Å². The molecule has 1 atom stereocenters. The first-order valence-electron chi connectivity index (χ1n) is 7.34. The first-order valence-corrected chi connectivity index (χ1v) is 7.34. The number of rotatable bonds is 5. The van der Waals surface area contributed by atoms with E-state index in [4.69, 9.17) is 5.73 Å². The molecule has 0 aromatic carbocycles. The fourth-order valence-electron chi connectivity index (χ4n) is 2.80. The summed E-state index contributed by atoms with van der Waals surface area (Å²) in [6, 6.07) is 2.36. The normalized spacial score (nSPS) is 18.0. The molecule has 0 bridgehead atoms. The summed E-state index contributed by atoms with van der Waals surface area (Å²) >= 11 is 0. The van der Waals surface area contributed by atoms with E-state index in [-0.39, 0.29) is 0 Å². The summed E-state index contributed by atoms with van der Waals surface area (Å²) in [6.07, 6.45) is 6.72. The minimum Gasteiger partial charge on any atom is -0.370 e. The van der Waals surface area contributed by atoms with Crippen molar-refractivity contribution in [2.45, 2.75) is 52.0 Å². The molecule has 1 aromatic rings. The number of anilines is 3. The molecule has 0 radical (unpaired) electrons. The van der Waals surface area contributed by atoms with Gasteiger partial charge in [0.15, 0.2) is 0 Å². The second-order valence-corrected chi connectivity index (χ2v) is 5.36. The van der Waals surface area contributed by atoms with Crippen molar-refractivity contribution in [3.8, 4) is 0 Å². The Balaban J connectivity index is 2.00. The van der Waals surface area contributed by atoms with Gasteiger partial charge in [-0.15, -0.1) is 0 Å². The zero-order valence-electron chi connectivity index (χ0n) is 11.9. The second kappa shape index (κ2) is 6.59. The molecule has 0 amide bonds. The quantitative estimate of drug-likeness (QED) is 0.761. The highest BCUT2D eigenvalue weighted by Gasteiger charge is 2.20. The number of aromatic nitrogens is 2. The van der Waals surface area contributed by atoms with Gasteiger partial charge in [0.2, 0.25) is 5.95 Å². The lowest BCUT2D eigenvalue weighted by Crippen LogP contribution is -2.28. The first-order chi connectivity index (χ1) is 9.19. The Morgan fingerprint density at radius 3 is 2.63 bits per heavy atom. The molecule has 0 spiro atoms. The summed E-state index contributed by atoms with van der Waals surface area (Å²) in [5.41, 5.74) is 5.74. The van der Waals surface area contributed by atoms with Crippen molar-refractivity contribution < 1.29 is 0 Å². The van der Waals surface area contributed by atoms with E-state index in [1.807, 2.05) is 13.0 Å². The minimum atomic E-state index is 0.316. The average Bonchev–Trinajstić information content (AvgIpc) is 2.39. The summed E-state index contributed by atoms with van der Waals surface area (Å²) in [4.78, 5) is 8.43. The van der Waals surface area contributed by atoms with Gasteiger partial charge in [-0.3, -0.25) is 0 Å². The van der Waals surface area contributed by atoms with E-state index in [9.17, 15) is 0 Å². The van der Waals surface area contributed by atoms with Gasteiger partial charge in [0.25, 0.3) is 0 Å². The van der Waals surface area contributed by atoms with Crippen LogP contribution in [0, 0.1) is 5.92 Å². The van der Waals surface area contributed by atoms with Gasteiger partial charge in [0.1, 0.15) is 11.6 Å². The highest BCUT2D eigenvalue weighted by Crippen LogP contribution is 2.28. The van der Waals surface area contributed by atoms with Crippen molar-refractivity contribution in [2.75, 3.05) is 22.9 Å². The Bertz CT molecular complexity index is 401. The van der Waals surface area contributed by atoms with Crippen LogP contribution in [0.4, 0.5) is 17.6 Å². The highest BCUT2D eigenvalue weighted by atomic mass is 15.1. The fraction of sp³-hybridized carbons (Fsp3) is 0.714. The maximum absolute atomic E-state index is 5.74. The Kier molecular flexibility index (Phi) is 4.82. The Morgan fingerprint density at radius 1 is 1.26 bits per heavy atom. The van der Waals surface area contributed by atoms with Crippen LogP contribution in [0.15, 0.2) is 6.07 Å². The summed E-state index contributed by atoms with van der Waals surface area (Å²) in [5.74, 6) is 2.67. The van der Waals surface area contributed by atoms with E-state index in [1.54, 1.807) is 0 Å². The number of nitrogens with two attached hydrogens (primary N) is 1. The van der Waals surface area contributed by atoms with E-state index in [1.165, 1.54) is 32.1 Å². The molecule has 1 unspecified atom stereocenters. The summed E-state index contributed by atoms with van der Waals surface area (Å²) in [6.45, 7) is 5.10. The van der Waals surface area contributed by atoms with Crippen molar-refractivity contribution >= 4 is 17.6 Å². The summed E-state index contributed by atoms with van der Waals surface area (Å²) in [5, 5.41) is 6.65. The molecular weight excluding hydrogens is 238 g/mol. The van der Waals surface area contributed by atoms with Crippen molar-refractivity contribution in [1.29, 1.82) is 0 Å². The number of nitrogens with one attached hydrogen (secondary N) is 2. The zero-order valence-corrected chi connectivity index (χ0v) is 11.9. The Morgan fingerprint density at radius 2 is 1.95 bits per heavy atom. The van der Waals surface area contributed by atoms with Crippen LogP contribution < -0.4 is 16.4 Å². The SMILES string of the molecule is CCNc1cc(NC(C)C2CCCCC2)nc(N)n1.